The molecule has 0 radical (unpaired) electrons. The Kier molecular flexibility index (Phi) is 3.80. The molecule has 0 atom stereocenters. The first kappa shape index (κ1) is 14.9. The van der Waals surface area contributed by atoms with E-state index in [0.717, 1.165) is 42.5 Å². The van der Waals surface area contributed by atoms with Crippen LogP contribution in [0.25, 0.3) is 5.69 Å². The van der Waals surface area contributed by atoms with Crippen LogP contribution in [0.1, 0.15) is 43.7 Å². The fourth-order valence-electron chi connectivity index (χ4n) is 2.89. The molecule has 22 heavy (non-hydrogen) atoms. The summed E-state index contributed by atoms with van der Waals surface area (Å²) in [6.07, 6.45) is 2.33. The van der Waals surface area contributed by atoms with Gasteiger partial charge in [0, 0.05) is 6.04 Å². The maximum Gasteiger partial charge on any atom is 0.416 e. The molecule has 0 bridgehead atoms. The highest BCUT2D eigenvalue weighted by molar-refractivity contribution is 5.34. The van der Waals surface area contributed by atoms with Crippen LogP contribution < -0.4 is 5.69 Å². The Morgan fingerprint density at radius 3 is 2.27 bits per heavy atom. The Bertz CT molecular complexity index is 694. The first-order valence-corrected chi connectivity index (χ1v) is 7.30. The van der Waals surface area contributed by atoms with Gasteiger partial charge in [0.1, 0.15) is 6.33 Å². The molecule has 7 heteroatoms. The fourth-order valence-corrected chi connectivity index (χ4v) is 2.89. The summed E-state index contributed by atoms with van der Waals surface area (Å²) >= 11 is 0. The molecule has 0 unspecified atom stereocenters. The number of aromatic nitrogens is 3. The quantitative estimate of drug-likeness (QED) is 0.851. The van der Waals surface area contributed by atoms with Crippen LogP contribution in [0.15, 0.2) is 35.4 Å². The predicted octanol–water partition coefficient (Wildman–Crippen LogP) is 3.56. The molecule has 1 fully saturated rings. The van der Waals surface area contributed by atoms with Crippen molar-refractivity contribution in [3.05, 3.63) is 46.6 Å². The molecular formula is C15H16F3N3O. The van der Waals surface area contributed by atoms with Crippen molar-refractivity contribution in [2.45, 2.75) is 44.3 Å². The monoisotopic (exact) mass is 311 g/mol. The lowest BCUT2D eigenvalue weighted by Gasteiger charge is -2.21. The summed E-state index contributed by atoms with van der Waals surface area (Å²) in [7, 11) is 0. The van der Waals surface area contributed by atoms with Gasteiger partial charge in [-0.05, 0) is 37.1 Å². The van der Waals surface area contributed by atoms with E-state index in [9.17, 15) is 18.0 Å². The topological polar surface area (TPSA) is 39.8 Å². The van der Waals surface area contributed by atoms with Crippen molar-refractivity contribution in [2.24, 2.45) is 0 Å². The average Bonchev–Trinajstić information content (AvgIpc) is 2.89. The van der Waals surface area contributed by atoms with E-state index in [2.05, 4.69) is 5.10 Å². The van der Waals surface area contributed by atoms with Gasteiger partial charge in [-0.1, -0.05) is 19.3 Å². The lowest BCUT2D eigenvalue weighted by atomic mass is 9.95. The van der Waals surface area contributed by atoms with Crippen molar-refractivity contribution >= 4 is 0 Å². The zero-order chi connectivity index (χ0) is 15.7. The molecule has 0 N–H and O–H groups in total. The van der Waals surface area contributed by atoms with Crippen molar-refractivity contribution < 1.29 is 13.2 Å². The highest BCUT2D eigenvalue weighted by Crippen LogP contribution is 2.29. The van der Waals surface area contributed by atoms with Crippen molar-refractivity contribution in [3.63, 3.8) is 0 Å². The minimum Gasteiger partial charge on any atom is -0.278 e. The average molecular weight is 311 g/mol. The second kappa shape index (κ2) is 5.62. The molecule has 1 heterocycles. The SMILES string of the molecule is O=c1n(C2CCCCC2)cnn1-c1ccc(C(F)(F)F)cc1. The van der Waals surface area contributed by atoms with Crippen molar-refractivity contribution in [2.75, 3.05) is 0 Å². The van der Waals surface area contributed by atoms with Gasteiger partial charge in [0.25, 0.3) is 0 Å². The smallest absolute Gasteiger partial charge is 0.278 e. The van der Waals surface area contributed by atoms with Gasteiger partial charge < -0.3 is 0 Å². The summed E-state index contributed by atoms with van der Waals surface area (Å²) < 4.78 is 40.4. The van der Waals surface area contributed by atoms with Crippen molar-refractivity contribution in [3.8, 4) is 5.69 Å². The zero-order valence-electron chi connectivity index (χ0n) is 11.9. The number of halogens is 3. The van der Waals surface area contributed by atoms with E-state index in [4.69, 9.17) is 0 Å². The molecule has 1 aliphatic carbocycles. The van der Waals surface area contributed by atoms with Gasteiger partial charge in [0.15, 0.2) is 0 Å². The molecule has 0 amide bonds. The van der Waals surface area contributed by atoms with E-state index in [1.54, 1.807) is 4.57 Å². The molecule has 4 nitrogen and oxygen atoms in total. The Balaban J connectivity index is 1.89. The largest absolute Gasteiger partial charge is 0.416 e. The lowest BCUT2D eigenvalue weighted by Crippen LogP contribution is -2.28. The Morgan fingerprint density at radius 1 is 1.05 bits per heavy atom. The minimum absolute atomic E-state index is 0.143. The zero-order valence-corrected chi connectivity index (χ0v) is 11.9. The van der Waals surface area contributed by atoms with Crippen LogP contribution in [-0.4, -0.2) is 14.3 Å². The van der Waals surface area contributed by atoms with Crippen LogP contribution in [0.3, 0.4) is 0 Å². The van der Waals surface area contributed by atoms with Crippen molar-refractivity contribution in [1.29, 1.82) is 0 Å². The summed E-state index contributed by atoms with van der Waals surface area (Å²) in [6.45, 7) is 0. The van der Waals surface area contributed by atoms with Crippen LogP contribution >= 0.6 is 0 Å². The molecule has 1 aliphatic rings. The molecule has 0 saturated heterocycles. The third-order valence-corrected chi connectivity index (χ3v) is 4.10. The highest BCUT2D eigenvalue weighted by atomic mass is 19.4. The number of benzene rings is 1. The second-order valence-corrected chi connectivity index (χ2v) is 5.57. The molecule has 3 rings (SSSR count). The van der Waals surface area contributed by atoms with E-state index >= 15 is 0 Å². The number of rotatable bonds is 2. The van der Waals surface area contributed by atoms with E-state index in [0.29, 0.717) is 5.69 Å². The Hall–Kier alpha value is -2.05. The maximum atomic E-state index is 12.6. The van der Waals surface area contributed by atoms with Crippen LogP contribution in [0, 0.1) is 0 Å². The van der Waals surface area contributed by atoms with Crippen LogP contribution in [0.4, 0.5) is 13.2 Å². The summed E-state index contributed by atoms with van der Waals surface area (Å²) in [5.41, 5.74) is -0.699. The van der Waals surface area contributed by atoms with Gasteiger partial charge >= 0.3 is 11.9 Å². The van der Waals surface area contributed by atoms with Crippen LogP contribution in [-0.2, 0) is 6.18 Å². The molecular weight excluding hydrogens is 295 g/mol. The highest BCUT2D eigenvalue weighted by Gasteiger charge is 2.30. The van der Waals surface area contributed by atoms with Gasteiger partial charge in [-0.3, -0.25) is 4.57 Å². The van der Waals surface area contributed by atoms with E-state index in [-0.39, 0.29) is 11.7 Å². The maximum absolute atomic E-state index is 12.6. The van der Waals surface area contributed by atoms with E-state index in [1.807, 2.05) is 0 Å². The molecule has 0 aliphatic heterocycles. The van der Waals surface area contributed by atoms with Crippen LogP contribution in [0.2, 0.25) is 0 Å². The summed E-state index contributed by atoms with van der Waals surface area (Å²) in [5.74, 6) is 0. The van der Waals surface area contributed by atoms with E-state index < -0.39 is 11.7 Å². The van der Waals surface area contributed by atoms with Gasteiger partial charge in [-0.2, -0.15) is 23.0 Å². The Labute approximate surface area is 125 Å². The molecule has 1 aromatic carbocycles. The third kappa shape index (κ3) is 2.80. The van der Waals surface area contributed by atoms with Gasteiger partial charge in [-0.15, -0.1) is 0 Å². The van der Waals surface area contributed by atoms with E-state index in [1.165, 1.54) is 24.9 Å². The predicted molar refractivity (Wildman–Crippen MR) is 74.9 cm³/mol. The van der Waals surface area contributed by atoms with Gasteiger partial charge in [0.2, 0.25) is 0 Å². The van der Waals surface area contributed by atoms with Gasteiger partial charge in [0.05, 0.1) is 11.3 Å². The van der Waals surface area contributed by atoms with Gasteiger partial charge in [-0.25, -0.2) is 4.79 Å². The molecule has 0 spiro atoms. The Morgan fingerprint density at radius 2 is 1.68 bits per heavy atom. The molecule has 1 saturated carbocycles. The molecule has 2 aromatic rings. The number of nitrogens with zero attached hydrogens (tertiary/aromatic N) is 3. The number of alkyl halides is 3. The first-order valence-electron chi connectivity index (χ1n) is 7.30. The summed E-state index contributed by atoms with van der Waals surface area (Å²) in [5, 5.41) is 4.04. The number of hydrogen-bond acceptors (Lipinski definition) is 2. The standard InChI is InChI=1S/C15H16F3N3O/c16-15(17,18)11-6-8-13(9-7-11)21-14(22)20(10-19-21)12-4-2-1-3-5-12/h6-10,12H,1-5H2. The van der Waals surface area contributed by atoms with Crippen molar-refractivity contribution in [1.82, 2.24) is 14.3 Å². The number of hydrogen-bond donors (Lipinski definition) is 0. The normalized spacial score (nSPS) is 16.9. The lowest BCUT2D eigenvalue weighted by molar-refractivity contribution is -0.137. The first-order chi connectivity index (χ1) is 10.5. The summed E-state index contributed by atoms with van der Waals surface area (Å²) in [4.78, 5) is 12.4. The molecule has 1 aromatic heterocycles. The summed E-state index contributed by atoms with van der Waals surface area (Å²) in [6, 6.07) is 4.60. The van der Waals surface area contributed by atoms with Crippen LogP contribution in [0.5, 0.6) is 0 Å². The third-order valence-electron chi connectivity index (χ3n) is 4.10. The molecule has 118 valence electrons. The minimum atomic E-state index is -4.38. The fraction of sp³-hybridized carbons (Fsp3) is 0.467. The second-order valence-electron chi connectivity index (χ2n) is 5.57.